The standard InChI is InChI=1S/C13H18N2O7/c1-5-3-15(13(20)14-12(5)19)8-2-6-11(22-8)10(18)9(17)7(4-16)21-6/h3,6-11,16-18H,2,4H2,1H3,(H,14,19,20)/t6-,7+,8?,9+,10-,11-/m0/s1. The van der Waals surface area contributed by atoms with Crippen LogP contribution in [0.15, 0.2) is 15.8 Å². The van der Waals surface area contributed by atoms with E-state index < -0.39 is 54.6 Å². The van der Waals surface area contributed by atoms with Crippen LogP contribution in [0.4, 0.5) is 0 Å². The second-order valence-corrected chi connectivity index (χ2v) is 5.65. The Labute approximate surface area is 124 Å². The minimum absolute atomic E-state index is 0.260. The minimum Gasteiger partial charge on any atom is -0.394 e. The molecule has 2 aliphatic rings. The van der Waals surface area contributed by atoms with Crippen LogP contribution in [0.1, 0.15) is 18.2 Å². The fraction of sp³-hybridized carbons (Fsp3) is 0.692. The molecule has 0 bridgehead atoms. The molecule has 9 nitrogen and oxygen atoms in total. The molecular weight excluding hydrogens is 296 g/mol. The van der Waals surface area contributed by atoms with Gasteiger partial charge in [-0.25, -0.2) is 4.79 Å². The first-order valence-electron chi connectivity index (χ1n) is 7.02. The predicted molar refractivity (Wildman–Crippen MR) is 72.3 cm³/mol. The van der Waals surface area contributed by atoms with Crippen LogP contribution >= 0.6 is 0 Å². The number of rotatable bonds is 2. The molecule has 0 aromatic carbocycles. The molecule has 22 heavy (non-hydrogen) atoms. The predicted octanol–water partition coefficient (Wildman–Crippen LogP) is -2.39. The van der Waals surface area contributed by atoms with E-state index in [1.165, 1.54) is 10.8 Å². The zero-order valence-corrected chi connectivity index (χ0v) is 11.9. The third-order valence-electron chi connectivity index (χ3n) is 4.17. The molecule has 122 valence electrons. The lowest BCUT2D eigenvalue weighted by atomic mass is 9.95. The van der Waals surface area contributed by atoms with Gasteiger partial charge in [0.05, 0.1) is 12.7 Å². The van der Waals surface area contributed by atoms with Crippen LogP contribution in [0, 0.1) is 6.92 Å². The number of fused-ring (bicyclic) bond motifs is 1. The fourth-order valence-corrected chi connectivity index (χ4v) is 2.94. The van der Waals surface area contributed by atoms with Crippen LogP contribution in [-0.2, 0) is 9.47 Å². The Morgan fingerprint density at radius 3 is 2.73 bits per heavy atom. The van der Waals surface area contributed by atoms with Crippen LogP contribution in [0.2, 0.25) is 0 Å². The third-order valence-corrected chi connectivity index (χ3v) is 4.17. The molecular formula is C13H18N2O7. The SMILES string of the molecule is Cc1cn(C2C[C@@H]3O[C@H](CO)[C@@H](O)[C@H](O)[C@H]3O2)c(=O)[nH]c1=O. The van der Waals surface area contributed by atoms with E-state index in [1.807, 2.05) is 0 Å². The van der Waals surface area contributed by atoms with E-state index in [0.29, 0.717) is 5.56 Å². The normalized spacial score (nSPS) is 38.0. The highest BCUT2D eigenvalue weighted by atomic mass is 16.6. The molecule has 0 aliphatic carbocycles. The number of hydrogen-bond acceptors (Lipinski definition) is 7. The first kappa shape index (κ1) is 15.4. The lowest BCUT2D eigenvalue weighted by molar-refractivity contribution is -0.220. The number of hydrogen-bond donors (Lipinski definition) is 4. The molecule has 1 unspecified atom stereocenters. The van der Waals surface area contributed by atoms with Crippen molar-refractivity contribution in [2.45, 2.75) is 50.1 Å². The second kappa shape index (κ2) is 5.60. The van der Waals surface area contributed by atoms with Gasteiger partial charge in [0, 0.05) is 18.2 Å². The molecule has 1 aromatic rings. The summed E-state index contributed by atoms with van der Waals surface area (Å²) in [4.78, 5) is 25.5. The monoisotopic (exact) mass is 314 g/mol. The maximum Gasteiger partial charge on any atom is 0.330 e. The number of H-pyrrole nitrogens is 1. The molecule has 0 radical (unpaired) electrons. The van der Waals surface area contributed by atoms with Crippen molar-refractivity contribution in [3.05, 3.63) is 32.6 Å². The van der Waals surface area contributed by atoms with Crippen molar-refractivity contribution in [3.63, 3.8) is 0 Å². The van der Waals surface area contributed by atoms with Gasteiger partial charge in [-0.2, -0.15) is 0 Å². The van der Waals surface area contributed by atoms with Gasteiger partial charge in [0.2, 0.25) is 0 Å². The minimum atomic E-state index is -1.26. The first-order chi connectivity index (χ1) is 10.4. The maximum atomic E-state index is 11.9. The third kappa shape index (κ3) is 2.40. The summed E-state index contributed by atoms with van der Waals surface area (Å²) < 4.78 is 12.4. The Kier molecular flexibility index (Phi) is 3.91. The molecule has 0 spiro atoms. The van der Waals surface area contributed by atoms with E-state index in [1.54, 1.807) is 6.92 Å². The molecule has 3 rings (SSSR count). The summed E-state index contributed by atoms with van der Waals surface area (Å²) in [5, 5.41) is 29.1. The molecule has 3 heterocycles. The molecule has 2 aliphatic heterocycles. The number of aliphatic hydroxyl groups excluding tert-OH is 3. The summed E-state index contributed by atoms with van der Waals surface area (Å²) in [6.45, 7) is 1.14. The van der Waals surface area contributed by atoms with Crippen molar-refractivity contribution >= 4 is 0 Å². The Balaban J connectivity index is 1.87. The van der Waals surface area contributed by atoms with Crippen LogP contribution in [0.3, 0.4) is 0 Å². The van der Waals surface area contributed by atoms with Gasteiger partial charge in [-0.1, -0.05) is 0 Å². The summed E-state index contributed by atoms with van der Waals surface area (Å²) >= 11 is 0. The molecule has 9 heteroatoms. The molecule has 0 saturated carbocycles. The van der Waals surface area contributed by atoms with Gasteiger partial charge in [-0.05, 0) is 6.92 Å². The van der Waals surface area contributed by atoms with Gasteiger partial charge in [0.25, 0.3) is 5.56 Å². The number of ether oxygens (including phenoxy) is 2. The van der Waals surface area contributed by atoms with Gasteiger partial charge < -0.3 is 24.8 Å². The highest BCUT2D eigenvalue weighted by Crippen LogP contribution is 2.37. The molecule has 4 N–H and O–H groups in total. The van der Waals surface area contributed by atoms with E-state index in [4.69, 9.17) is 14.6 Å². The molecule has 6 atom stereocenters. The van der Waals surface area contributed by atoms with Gasteiger partial charge in [-0.3, -0.25) is 14.3 Å². The Morgan fingerprint density at radius 1 is 1.32 bits per heavy atom. The fourth-order valence-electron chi connectivity index (χ4n) is 2.94. The summed E-state index contributed by atoms with van der Waals surface area (Å²) in [5.74, 6) is 0. The zero-order valence-electron chi connectivity index (χ0n) is 11.9. The van der Waals surface area contributed by atoms with Crippen molar-refractivity contribution in [1.29, 1.82) is 0 Å². The van der Waals surface area contributed by atoms with Gasteiger partial charge in [0.15, 0.2) is 0 Å². The average molecular weight is 314 g/mol. The molecule has 0 amide bonds. The van der Waals surface area contributed by atoms with Gasteiger partial charge >= 0.3 is 5.69 Å². The number of nitrogens with zero attached hydrogens (tertiary/aromatic N) is 1. The number of aromatic nitrogens is 2. The lowest BCUT2D eigenvalue weighted by Crippen LogP contribution is -2.57. The van der Waals surface area contributed by atoms with Crippen LogP contribution in [0.25, 0.3) is 0 Å². The van der Waals surface area contributed by atoms with E-state index >= 15 is 0 Å². The Hall–Kier alpha value is -1.52. The number of aliphatic hydroxyl groups is 3. The Morgan fingerprint density at radius 2 is 2.05 bits per heavy atom. The highest BCUT2D eigenvalue weighted by molar-refractivity contribution is 5.03. The molecule has 2 saturated heterocycles. The van der Waals surface area contributed by atoms with Crippen LogP contribution < -0.4 is 11.2 Å². The van der Waals surface area contributed by atoms with Gasteiger partial charge in [0.1, 0.15) is 30.6 Å². The number of aromatic amines is 1. The Bertz CT molecular complexity index is 669. The highest BCUT2D eigenvalue weighted by Gasteiger charge is 2.50. The van der Waals surface area contributed by atoms with E-state index in [0.717, 1.165) is 0 Å². The summed E-state index contributed by atoms with van der Waals surface area (Å²) in [6, 6.07) is 0. The van der Waals surface area contributed by atoms with Crippen molar-refractivity contribution in [2.75, 3.05) is 6.61 Å². The lowest BCUT2D eigenvalue weighted by Gasteiger charge is -2.38. The largest absolute Gasteiger partial charge is 0.394 e. The van der Waals surface area contributed by atoms with Crippen LogP contribution in [0.5, 0.6) is 0 Å². The van der Waals surface area contributed by atoms with E-state index in [2.05, 4.69) is 4.98 Å². The summed E-state index contributed by atoms with van der Waals surface area (Å²) in [5.41, 5.74) is -0.732. The van der Waals surface area contributed by atoms with Crippen molar-refractivity contribution in [2.24, 2.45) is 0 Å². The van der Waals surface area contributed by atoms with E-state index in [-0.39, 0.29) is 6.42 Å². The average Bonchev–Trinajstić information content (AvgIpc) is 2.90. The maximum absolute atomic E-state index is 11.9. The summed E-state index contributed by atoms with van der Waals surface area (Å²) in [7, 11) is 0. The van der Waals surface area contributed by atoms with Crippen molar-refractivity contribution in [3.8, 4) is 0 Å². The summed E-state index contributed by atoms with van der Waals surface area (Å²) in [6.07, 6.45) is -3.82. The molecule has 2 fully saturated rings. The first-order valence-corrected chi connectivity index (χ1v) is 7.02. The quantitative estimate of drug-likeness (QED) is 0.478. The van der Waals surface area contributed by atoms with E-state index in [9.17, 15) is 19.8 Å². The number of aryl methyl sites for hydroxylation is 1. The second-order valence-electron chi connectivity index (χ2n) is 5.65. The number of nitrogens with one attached hydrogen (secondary N) is 1. The smallest absolute Gasteiger partial charge is 0.330 e. The molecule has 1 aromatic heterocycles. The van der Waals surface area contributed by atoms with Crippen LogP contribution in [-0.4, -0.2) is 62.0 Å². The van der Waals surface area contributed by atoms with Crippen molar-refractivity contribution < 1.29 is 24.8 Å². The van der Waals surface area contributed by atoms with Crippen molar-refractivity contribution in [1.82, 2.24) is 9.55 Å². The van der Waals surface area contributed by atoms with Gasteiger partial charge in [-0.15, -0.1) is 0 Å². The topological polar surface area (TPSA) is 134 Å². The zero-order chi connectivity index (χ0) is 16.0.